The number of rotatable bonds is 25. The molecule has 100 heavy (non-hydrogen) atoms. The number of ether oxygens (including phenoxy) is 14. The number of carbonyl (C=O) groups excluding carboxylic acids is 7. The van der Waals surface area contributed by atoms with E-state index in [0.717, 1.165) is 22.3 Å². The van der Waals surface area contributed by atoms with Crippen LogP contribution in [-0.2, 0) is 122 Å². The molecule has 4 saturated heterocycles. The lowest BCUT2D eigenvalue weighted by Crippen LogP contribution is -2.57. The number of aliphatic hydroxyl groups excluding tert-OH is 1. The maximum Gasteiger partial charge on any atom is 0.337 e. The highest BCUT2D eigenvalue weighted by molar-refractivity contribution is 5.97. The first kappa shape index (κ1) is 85.6. The van der Waals surface area contributed by atoms with Crippen molar-refractivity contribution in [3.63, 3.8) is 0 Å². The van der Waals surface area contributed by atoms with Gasteiger partial charge in [0.25, 0.3) is 0 Å². The molecule has 4 aliphatic heterocycles. The van der Waals surface area contributed by atoms with Gasteiger partial charge < -0.3 is 93.2 Å². The zero-order chi connectivity index (χ0) is 69.9. The minimum atomic E-state index is -1.18. The van der Waals surface area contributed by atoms with Gasteiger partial charge in [-0.05, 0) is 34.7 Å². The summed E-state index contributed by atoms with van der Waals surface area (Å²) in [6, 6.07) is 47.4. The van der Waals surface area contributed by atoms with E-state index in [9.17, 15) is 38.7 Å². The van der Waals surface area contributed by atoms with Crippen LogP contribution in [0.4, 0.5) is 0 Å². The van der Waals surface area contributed by atoms with Crippen LogP contribution in [0.15, 0.2) is 157 Å². The number of hydrogen-bond donors (Lipinski definition) is 2. The molecule has 0 amide bonds. The molecule has 14 atom stereocenters. The normalized spacial score (nSPS) is 24.1. The lowest BCUT2D eigenvalue weighted by Gasteiger charge is -2.40. The number of ketones is 1. The first-order valence-corrected chi connectivity index (χ1v) is 31.8. The monoisotopic (exact) mass is 1400 g/mol. The lowest BCUT2D eigenvalue weighted by molar-refractivity contribution is -0.228. The molecule has 5 aromatic carbocycles. The van der Waals surface area contributed by atoms with E-state index in [-0.39, 0.29) is 105 Å². The predicted octanol–water partition coefficient (Wildman–Crippen LogP) is 5.18. The summed E-state index contributed by atoms with van der Waals surface area (Å²) in [7, 11) is 2.57. The Morgan fingerprint density at radius 3 is 1.44 bits per heavy atom. The van der Waals surface area contributed by atoms with Gasteiger partial charge in [-0.25, -0.2) is 9.59 Å². The largest absolute Gasteiger partial charge is 0.467 e. The fraction of sp³-hybridized carbons (Fsp3) is 0.479. The van der Waals surface area contributed by atoms with Crippen LogP contribution in [0, 0.1) is 0 Å². The molecule has 548 valence electrons. The first-order valence-electron chi connectivity index (χ1n) is 31.8. The Balaban J connectivity index is 0.000000349. The number of benzene rings is 5. The Morgan fingerprint density at radius 1 is 0.520 bits per heavy atom. The van der Waals surface area contributed by atoms with Crippen LogP contribution in [0.1, 0.15) is 86.5 Å². The van der Waals surface area contributed by atoms with E-state index in [4.69, 9.17) is 67.1 Å². The molecule has 12 unspecified atom stereocenters. The third-order valence-corrected chi connectivity index (χ3v) is 15.5. The van der Waals surface area contributed by atoms with Crippen molar-refractivity contribution in [2.24, 2.45) is 5.11 Å². The van der Waals surface area contributed by atoms with E-state index < -0.39 is 84.7 Å². The number of carbonyl (C=O) groups is 7. The maximum atomic E-state index is 12.5. The summed E-state index contributed by atoms with van der Waals surface area (Å²) in [5.74, 6) is -2.65. The van der Waals surface area contributed by atoms with Gasteiger partial charge >= 0.3 is 35.8 Å². The summed E-state index contributed by atoms with van der Waals surface area (Å²) in [4.78, 5) is 82.7. The molecular weight excluding hydrogens is 1310 g/mol. The van der Waals surface area contributed by atoms with Crippen molar-refractivity contribution in [2.75, 3.05) is 53.8 Å². The lowest BCUT2D eigenvalue weighted by atomic mass is 9.95. The van der Waals surface area contributed by atoms with Gasteiger partial charge in [0.2, 0.25) is 0 Å². The third-order valence-electron chi connectivity index (χ3n) is 15.5. The minimum Gasteiger partial charge on any atom is -0.467 e. The van der Waals surface area contributed by atoms with Crippen molar-refractivity contribution in [3.05, 3.63) is 190 Å². The number of esters is 6. The van der Waals surface area contributed by atoms with Gasteiger partial charge in [-0.1, -0.05) is 157 Å². The molecule has 0 bridgehead atoms. The highest BCUT2D eigenvalue weighted by Crippen LogP contribution is 2.28. The van der Waals surface area contributed by atoms with Gasteiger partial charge in [0, 0.05) is 57.4 Å². The van der Waals surface area contributed by atoms with Crippen LogP contribution in [0.3, 0.4) is 0 Å². The number of aliphatic hydroxyl groups is 1. The van der Waals surface area contributed by atoms with Gasteiger partial charge in [0.05, 0.1) is 104 Å². The molecule has 29 heteroatoms. The molecule has 0 spiro atoms. The summed E-state index contributed by atoms with van der Waals surface area (Å²) in [6.45, 7) is 9.59. The Bertz CT molecular complexity index is 3230. The summed E-state index contributed by atoms with van der Waals surface area (Å²) in [6.07, 6.45) is -5.48. The maximum absolute atomic E-state index is 12.5. The van der Waals surface area contributed by atoms with E-state index in [1.165, 1.54) is 41.9 Å². The van der Waals surface area contributed by atoms with Crippen LogP contribution in [0.5, 0.6) is 0 Å². The SMILES string of the molecule is CC(=O)OCC1CC(OC(C)=O)C(N=[N+]=[N-])CO1.CC(=O)OCC1CC(OCc2ccccc2)C(NCC(=O)c2ccccc2)[C@@H](C)O1.COC(=O)C1CC(OCc2ccccc2)C(OC(C)=O)CO1.COC(=O)C1OCC(OCc2ccccc2)C(OCc2ccccc2)[C@@H]1O.O.O.O. The fourth-order valence-electron chi connectivity index (χ4n) is 10.6. The van der Waals surface area contributed by atoms with Gasteiger partial charge in [-0.3, -0.25) is 24.0 Å². The zero-order valence-electron chi connectivity index (χ0n) is 57.1. The Labute approximate surface area is 580 Å². The average molecular weight is 1400 g/mol. The standard InChI is InChI=1S/C24H29NO5.C21H24O6.C16H20O6.C10H15N3O5.3H2O/c1-17-24(25-14-22(27)20-11-7-4-8-12-20)23(13-21(30-17)16-28-18(2)26)29-15-19-9-5-3-6-10-19;1-24-21(23)20-18(22)19(26-13-16-10-6-3-7-11-16)17(14-27-20)25-12-15-8-4-2-5-9-15;1-11(17)22-15-10-21-14(16(18)19-2)8-13(15)20-9-12-6-4-3-5-7-12;1-6(14)16-4-8-3-10(18-7(2)15)9(5-17-8)12-13-11;;;/h3-12,17,21,23-25H,13-16H2,1-2H3;2-11,17-20,22H,12-14H2,1H3;3-7,13-15H,8-10H2,1-2H3;8-10H,3-5H2,1-2H3;3*1H2/t17-,21?,23?,24?;17?,18-,19?,20?;;;;;/m10...../s1. The van der Waals surface area contributed by atoms with Crippen molar-refractivity contribution in [2.45, 2.75) is 166 Å². The molecule has 4 fully saturated rings. The summed E-state index contributed by atoms with van der Waals surface area (Å²) >= 11 is 0. The highest BCUT2D eigenvalue weighted by Gasteiger charge is 2.45. The second-order valence-corrected chi connectivity index (χ2v) is 22.9. The highest BCUT2D eigenvalue weighted by atomic mass is 16.6. The molecule has 0 radical (unpaired) electrons. The van der Waals surface area contributed by atoms with Crippen molar-refractivity contribution in [1.82, 2.24) is 5.32 Å². The number of nitrogens with one attached hydrogen (secondary N) is 1. The van der Waals surface area contributed by atoms with Crippen molar-refractivity contribution >= 4 is 41.6 Å². The van der Waals surface area contributed by atoms with Crippen molar-refractivity contribution in [3.8, 4) is 0 Å². The topological polar surface area (TPSA) is 424 Å². The molecule has 0 saturated carbocycles. The second-order valence-electron chi connectivity index (χ2n) is 22.9. The molecule has 4 aliphatic rings. The number of methoxy groups -OCH3 is 2. The summed E-state index contributed by atoms with van der Waals surface area (Å²) < 4.78 is 75.9. The molecular formula is C71H94N4O25. The van der Waals surface area contributed by atoms with Crippen LogP contribution in [0.2, 0.25) is 0 Å². The zero-order valence-corrected chi connectivity index (χ0v) is 57.1. The Kier molecular flexibility index (Phi) is 40.0. The van der Waals surface area contributed by atoms with Gasteiger partial charge in [0.15, 0.2) is 24.1 Å². The van der Waals surface area contributed by atoms with Crippen LogP contribution in [-0.4, -0.2) is 202 Å². The first-order chi connectivity index (χ1) is 46.8. The molecule has 8 N–H and O–H groups in total. The Hall–Kier alpha value is -8.62. The summed E-state index contributed by atoms with van der Waals surface area (Å²) in [5, 5.41) is 17.5. The predicted molar refractivity (Wildman–Crippen MR) is 358 cm³/mol. The van der Waals surface area contributed by atoms with Crippen molar-refractivity contribution in [1.29, 1.82) is 0 Å². The van der Waals surface area contributed by atoms with E-state index in [1.54, 1.807) is 0 Å². The van der Waals surface area contributed by atoms with Crippen LogP contribution in [0.25, 0.3) is 10.4 Å². The van der Waals surface area contributed by atoms with Crippen LogP contribution < -0.4 is 5.32 Å². The molecule has 0 aromatic heterocycles. The average Bonchev–Trinajstić information content (AvgIpc) is 0.825. The quantitative estimate of drug-likeness (QED) is 0.0190. The number of azide groups is 1. The molecule has 4 heterocycles. The minimum absolute atomic E-state index is 0. The number of Topliss-reactive ketones (excluding diaryl/α,β-unsaturated/α-hetero) is 1. The molecule has 9 rings (SSSR count). The van der Waals surface area contributed by atoms with E-state index >= 15 is 0 Å². The van der Waals surface area contributed by atoms with Gasteiger partial charge in [-0.15, -0.1) is 0 Å². The second kappa shape index (κ2) is 46.7. The van der Waals surface area contributed by atoms with Crippen molar-refractivity contribution < 1.29 is 121 Å². The summed E-state index contributed by atoms with van der Waals surface area (Å²) in [5.41, 5.74) is 13.1. The molecule has 5 aromatic rings. The van der Waals surface area contributed by atoms with Gasteiger partial charge in [0.1, 0.15) is 43.7 Å². The van der Waals surface area contributed by atoms with Crippen LogP contribution >= 0.6 is 0 Å². The molecule has 29 nitrogen and oxygen atoms in total. The number of nitrogens with zero attached hydrogens (tertiary/aromatic N) is 3. The molecule has 0 aliphatic carbocycles. The van der Waals surface area contributed by atoms with Gasteiger partial charge in [-0.2, -0.15) is 0 Å². The van der Waals surface area contributed by atoms with E-state index in [2.05, 4.69) is 20.1 Å². The van der Waals surface area contributed by atoms with E-state index in [0.29, 0.717) is 44.8 Å². The van der Waals surface area contributed by atoms with E-state index in [1.807, 2.05) is 159 Å². The Morgan fingerprint density at radius 2 is 0.960 bits per heavy atom. The smallest absolute Gasteiger partial charge is 0.337 e. The number of hydrogen-bond acceptors (Lipinski definition) is 24. The fourth-order valence-corrected chi connectivity index (χ4v) is 10.6. The third kappa shape index (κ3) is 30.1.